The standard InChI is InChI=1S/C15H32O4S/c1-3-5-7-9-10-14(16)12-13-15(20(17,18)19)11-8-6-4-2/h14-16H,3-13H2,1-2H3,(H,17,18,19). The van der Waals surface area contributed by atoms with E-state index in [0.717, 1.165) is 38.5 Å². The van der Waals surface area contributed by atoms with Crippen LogP contribution in [0.4, 0.5) is 0 Å². The molecule has 0 spiro atoms. The van der Waals surface area contributed by atoms with Crippen molar-refractivity contribution in [1.29, 1.82) is 0 Å². The first-order valence-corrected chi connectivity index (χ1v) is 9.56. The monoisotopic (exact) mass is 308 g/mol. The molecular weight excluding hydrogens is 276 g/mol. The Kier molecular flexibility index (Phi) is 11.4. The van der Waals surface area contributed by atoms with Gasteiger partial charge < -0.3 is 5.11 Å². The molecule has 0 aliphatic rings. The highest BCUT2D eigenvalue weighted by atomic mass is 32.2. The maximum atomic E-state index is 11.3. The van der Waals surface area contributed by atoms with Crippen molar-refractivity contribution in [3.05, 3.63) is 0 Å². The molecule has 0 aromatic carbocycles. The van der Waals surface area contributed by atoms with E-state index < -0.39 is 21.5 Å². The maximum Gasteiger partial charge on any atom is 0.267 e. The van der Waals surface area contributed by atoms with E-state index in [-0.39, 0.29) is 0 Å². The second-order valence-electron chi connectivity index (χ2n) is 5.71. The first-order chi connectivity index (χ1) is 9.41. The molecular formula is C15H32O4S. The lowest BCUT2D eigenvalue weighted by atomic mass is 10.0. The molecule has 2 unspecified atom stereocenters. The van der Waals surface area contributed by atoms with E-state index in [0.29, 0.717) is 19.3 Å². The molecule has 0 aliphatic carbocycles. The molecule has 0 heterocycles. The van der Waals surface area contributed by atoms with Crippen LogP contribution >= 0.6 is 0 Å². The summed E-state index contributed by atoms with van der Waals surface area (Å²) in [6.45, 7) is 4.20. The Morgan fingerprint density at radius 3 is 1.90 bits per heavy atom. The van der Waals surface area contributed by atoms with Crippen molar-refractivity contribution in [2.45, 2.75) is 95.8 Å². The van der Waals surface area contributed by atoms with Crippen molar-refractivity contribution in [2.24, 2.45) is 0 Å². The Hall–Kier alpha value is -0.130. The third kappa shape index (κ3) is 10.6. The van der Waals surface area contributed by atoms with Crippen molar-refractivity contribution >= 4 is 10.1 Å². The van der Waals surface area contributed by atoms with Gasteiger partial charge in [-0.05, 0) is 25.7 Å². The van der Waals surface area contributed by atoms with Crippen LogP contribution in [0, 0.1) is 0 Å². The highest BCUT2D eigenvalue weighted by Gasteiger charge is 2.23. The van der Waals surface area contributed by atoms with Gasteiger partial charge in [0.25, 0.3) is 10.1 Å². The highest BCUT2D eigenvalue weighted by molar-refractivity contribution is 7.86. The Morgan fingerprint density at radius 2 is 1.35 bits per heavy atom. The Bertz CT molecular complexity index is 314. The number of hydrogen-bond donors (Lipinski definition) is 2. The van der Waals surface area contributed by atoms with Gasteiger partial charge in [-0.25, -0.2) is 0 Å². The van der Waals surface area contributed by atoms with Crippen LogP contribution in [0.5, 0.6) is 0 Å². The predicted molar refractivity (Wildman–Crippen MR) is 83.5 cm³/mol. The van der Waals surface area contributed by atoms with Crippen molar-refractivity contribution < 1.29 is 18.1 Å². The van der Waals surface area contributed by atoms with E-state index >= 15 is 0 Å². The second kappa shape index (κ2) is 11.5. The quantitative estimate of drug-likeness (QED) is 0.399. The molecule has 0 fully saturated rings. The summed E-state index contributed by atoms with van der Waals surface area (Å²) in [4.78, 5) is 0. The van der Waals surface area contributed by atoms with Gasteiger partial charge in [0.1, 0.15) is 0 Å². The maximum absolute atomic E-state index is 11.3. The largest absolute Gasteiger partial charge is 0.393 e. The normalized spacial score (nSPS) is 15.2. The van der Waals surface area contributed by atoms with Crippen LogP contribution in [0.2, 0.25) is 0 Å². The SMILES string of the molecule is CCCCCCC(O)CCC(CCCCC)S(=O)(=O)O. The van der Waals surface area contributed by atoms with E-state index in [1.807, 2.05) is 0 Å². The fourth-order valence-corrected chi connectivity index (χ4v) is 3.29. The summed E-state index contributed by atoms with van der Waals surface area (Å²) in [6, 6.07) is 0. The molecule has 0 aromatic heterocycles. The first kappa shape index (κ1) is 19.9. The van der Waals surface area contributed by atoms with Crippen LogP contribution in [0.15, 0.2) is 0 Å². The van der Waals surface area contributed by atoms with E-state index in [2.05, 4.69) is 13.8 Å². The lowest BCUT2D eigenvalue weighted by Crippen LogP contribution is -2.22. The fraction of sp³-hybridized carbons (Fsp3) is 1.00. The number of aliphatic hydroxyl groups excluding tert-OH is 1. The molecule has 122 valence electrons. The van der Waals surface area contributed by atoms with E-state index in [9.17, 15) is 18.1 Å². The molecule has 0 rings (SSSR count). The zero-order chi connectivity index (χ0) is 15.4. The minimum atomic E-state index is -3.98. The van der Waals surface area contributed by atoms with Crippen LogP contribution in [-0.2, 0) is 10.1 Å². The molecule has 0 saturated carbocycles. The molecule has 0 saturated heterocycles. The average Bonchev–Trinajstić information content (AvgIpc) is 2.37. The number of unbranched alkanes of at least 4 members (excludes halogenated alkanes) is 5. The fourth-order valence-electron chi connectivity index (χ4n) is 2.39. The second-order valence-corrected chi connectivity index (χ2v) is 7.41. The predicted octanol–water partition coefficient (Wildman–Crippen LogP) is 3.93. The molecule has 0 aromatic rings. The molecule has 4 nitrogen and oxygen atoms in total. The first-order valence-electron chi connectivity index (χ1n) is 8.06. The van der Waals surface area contributed by atoms with Gasteiger partial charge in [-0.3, -0.25) is 4.55 Å². The zero-order valence-corrected chi connectivity index (χ0v) is 13.9. The average molecular weight is 308 g/mol. The van der Waals surface area contributed by atoms with Crippen LogP contribution in [0.1, 0.15) is 84.5 Å². The summed E-state index contributed by atoms with van der Waals surface area (Å²) < 4.78 is 31.8. The number of rotatable bonds is 13. The van der Waals surface area contributed by atoms with Gasteiger partial charge in [0.05, 0.1) is 11.4 Å². The van der Waals surface area contributed by atoms with Crippen molar-refractivity contribution in [1.82, 2.24) is 0 Å². The minimum absolute atomic E-state index is 0.359. The number of aliphatic hydroxyl groups is 1. The summed E-state index contributed by atoms with van der Waals surface area (Å²) >= 11 is 0. The lowest BCUT2D eigenvalue weighted by molar-refractivity contribution is 0.147. The Balaban J connectivity index is 3.99. The van der Waals surface area contributed by atoms with Gasteiger partial charge in [0.15, 0.2) is 0 Å². The Labute approximate surface area is 124 Å². The van der Waals surface area contributed by atoms with Gasteiger partial charge in [-0.1, -0.05) is 58.8 Å². The molecule has 0 amide bonds. The summed E-state index contributed by atoms with van der Waals surface area (Å²) in [6.07, 6.45) is 8.87. The van der Waals surface area contributed by atoms with Crippen LogP contribution in [0.25, 0.3) is 0 Å². The molecule has 20 heavy (non-hydrogen) atoms. The smallest absolute Gasteiger partial charge is 0.267 e. The molecule has 2 N–H and O–H groups in total. The molecule has 0 aliphatic heterocycles. The van der Waals surface area contributed by atoms with Crippen molar-refractivity contribution in [2.75, 3.05) is 0 Å². The van der Waals surface area contributed by atoms with E-state index in [4.69, 9.17) is 0 Å². The lowest BCUT2D eigenvalue weighted by Gasteiger charge is -2.16. The third-order valence-corrected chi connectivity index (χ3v) is 5.08. The van der Waals surface area contributed by atoms with Crippen LogP contribution in [0.3, 0.4) is 0 Å². The third-order valence-electron chi connectivity index (χ3n) is 3.76. The summed E-state index contributed by atoms with van der Waals surface area (Å²) in [7, 11) is -3.98. The highest BCUT2D eigenvalue weighted by Crippen LogP contribution is 2.18. The van der Waals surface area contributed by atoms with Gasteiger partial charge in [-0.15, -0.1) is 0 Å². The van der Waals surface area contributed by atoms with Gasteiger partial charge in [0.2, 0.25) is 0 Å². The van der Waals surface area contributed by atoms with Crippen molar-refractivity contribution in [3.8, 4) is 0 Å². The van der Waals surface area contributed by atoms with Gasteiger partial charge in [0, 0.05) is 0 Å². The topological polar surface area (TPSA) is 74.6 Å². The van der Waals surface area contributed by atoms with Crippen LogP contribution < -0.4 is 0 Å². The van der Waals surface area contributed by atoms with Crippen molar-refractivity contribution in [3.63, 3.8) is 0 Å². The zero-order valence-electron chi connectivity index (χ0n) is 13.1. The van der Waals surface area contributed by atoms with Gasteiger partial charge >= 0.3 is 0 Å². The Morgan fingerprint density at radius 1 is 0.800 bits per heavy atom. The van der Waals surface area contributed by atoms with Crippen LogP contribution in [-0.4, -0.2) is 29.4 Å². The summed E-state index contributed by atoms with van der Waals surface area (Å²) in [5.41, 5.74) is 0. The van der Waals surface area contributed by atoms with E-state index in [1.54, 1.807) is 0 Å². The molecule has 5 heteroatoms. The van der Waals surface area contributed by atoms with E-state index in [1.165, 1.54) is 12.8 Å². The summed E-state index contributed by atoms with van der Waals surface area (Å²) in [5, 5.41) is 9.15. The summed E-state index contributed by atoms with van der Waals surface area (Å²) in [5.74, 6) is 0. The molecule has 0 bridgehead atoms. The number of hydrogen-bond acceptors (Lipinski definition) is 3. The van der Waals surface area contributed by atoms with Gasteiger partial charge in [-0.2, -0.15) is 8.42 Å². The molecule has 0 radical (unpaired) electrons. The molecule has 2 atom stereocenters. The minimum Gasteiger partial charge on any atom is -0.393 e.